The average Bonchev–Trinajstić information content (AvgIpc) is 2.19. The number of rotatable bonds is 2. The molecule has 0 saturated heterocycles. The molecule has 1 N–H and O–H groups in total. The first kappa shape index (κ1) is 10.1. The summed E-state index contributed by atoms with van der Waals surface area (Å²) < 4.78 is 0. The molecule has 2 atom stereocenters. The van der Waals surface area contributed by atoms with E-state index in [4.69, 9.17) is 5.26 Å². The van der Waals surface area contributed by atoms with Crippen molar-refractivity contribution < 1.29 is 0 Å². The zero-order valence-corrected chi connectivity index (χ0v) is 8.14. The third kappa shape index (κ3) is 3.49. The summed E-state index contributed by atoms with van der Waals surface area (Å²) in [6.45, 7) is 2.61. The molecule has 0 aromatic carbocycles. The van der Waals surface area contributed by atoms with Crippen molar-refractivity contribution in [1.82, 2.24) is 5.32 Å². The van der Waals surface area contributed by atoms with Gasteiger partial charge in [-0.15, -0.1) is 5.92 Å². The number of nitriles is 1. The van der Waals surface area contributed by atoms with Gasteiger partial charge in [-0.3, -0.25) is 0 Å². The molecule has 2 nitrogen and oxygen atoms in total. The van der Waals surface area contributed by atoms with Gasteiger partial charge in [-0.25, -0.2) is 0 Å². The second kappa shape index (κ2) is 5.62. The molecule has 1 aliphatic rings. The minimum Gasteiger partial charge on any atom is -0.303 e. The van der Waals surface area contributed by atoms with Crippen LogP contribution in [-0.4, -0.2) is 12.6 Å². The van der Waals surface area contributed by atoms with Crippen LogP contribution in [0, 0.1) is 29.1 Å². The van der Waals surface area contributed by atoms with Crippen molar-refractivity contribution in [2.75, 3.05) is 6.54 Å². The molecule has 0 heterocycles. The van der Waals surface area contributed by atoms with Crippen LogP contribution < -0.4 is 5.32 Å². The molecular weight excluding hydrogens is 160 g/mol. The summed E-state index contributed by atoms with van der Waals surface area (Å²) >= 11 is 0. The minimum absolute atomic E-state index is 0.265. The van der Waals surface area contributed by atoms with Crippen molar-refractivity contribution in [3.8, 4) is 17.9 Å². The molecular formula is C11H16N2. The zero-order valence-electron chi connectivity index (χ0n) is 8.14. The number of nitrogens with zero attached hydrogens (tertiary/aromatic N) is 1. The van der Waals surface area contributed by atoms with Gasteiger partial charge in [0.1, 0.15) is 0 Å². The first-order valence-electron chi connectivity index (χ1n) is 4.89. The highest BCUT2D eigenvalue weighted by molar-refractivity contribution is 4.98. The van der Waals surface area contributed by atoms with Crippen molar-refractivity contribution in [2.24, 2.45) is 5.92 Å². The van der Waals surface area contributed by atoms with Crippen LogP contribution in [0.15, 0.2) is 0 Å². The van der Waals surface area contributed by atoms with Gasteiger partial charge in [0.15, 0.2) is 0 Å². The molecule has 0 aromatic rings. The number of hydrogen-bond acceptors (Lipinski definition) is 2. The Balaban J connectivity index is 2.25. The fraction of sp³-hybridized carbons (Fsp3) is 0.727. The normalized spacial score (nSPS) is 27.1. The molecule has 0 spiro atoms. The van der Waals surface area contributed by atoms with Crippen molar-refractivity contribution in [3.63, 3.8) is 0 Å². The summed E-state index contributed by atoms with van der Waals surface area (Å²) in [7, 11) is 0. The zero-order chi connectivity index (χ0) is 9.52. The molecule has 1 fully saturated rings. The van der Waals surface area contributed by atoms with E-state index in [-0.39, 0.29) is 5.92 Å². The third-order valence-electron chi connectivity index (χ3n) is 2.51. The molecule has 1 rings (SSSR count). The first-order chi connectivity index (χ1) is 6.36. The number of hydrogen-bond donors (Lipinski definition) is 1. The maximum Gasteiger partial charge on any atom is 0.0656 e. The number of nitrogens with one attached hydrogen (secondary N) is 1. The van der Waals surface area contributed by atoms with Crippen LogP contribution in [0.3, 0.4) is 0 Å². The van der Waals surface area contributed by atoms with Crippen molar-refractivity contribution in [3.05, 3.63) is 0 Å². The van der Waals surface area contributed by atoms with Gasteiger partial charge in [0.25, 0.3) is 0 Å². The van der Waals surface area contributed by atoms with Crippen molar-refractivity contribution in [2.45, 2.75) is 38.6 Å². The molecule has 1 saturated carbocycles. The van der Waals surface area contributed by atoms with Crippen LogP contribution in [0.4, 0.5) is 0 Å². The lowest BCUT2D eigenvalue weighted by Gasteiger charge is -2.25. The van der Waals surface area contributed by atoms with Gasteiger partial charge >= 0.3 is 0 Å². The van der Waals surface area contributed by atoms with Crippen LogP contribution in [0.25, 0.3) is 0 Å². The summed E-state index contributed by atoms with van der Waals surface area (Å²) in [4.78, 5) is 0. The van der Waals surface area contributed by atoms with E-state index in [1.165, 1.54) is 12.8 Å². The molecule has 0 aliphatic heterocycles. The average molecular weight is 176 g/mol. The molecule has 0 bridgehead atoms. The Morgan fingerprint density at radius 3 is 3.00 bits per heavy atom. The quantitative estimate of drug-likeness (QED) is 0.650. The molecule has 1 aliphatic carbocycles. The van der Waals surface area contributed by atoms with Gasteiger partial charge in [0.05, 0.1) is 12.6 Å². The lowest BCUT2D eigenvalue weighted by Crippen LogP contribution is -2.34. The Bertz CT molecular complexity index is 241. The van der Waals surface area contributed by atoms with Crippen LogP contribution in [0.1, 0.15) is 32.6 Å². The van der Waals surface area contributed by atoms with Crippen LogP contribution in [0.2, 0.25) is 0 Å². The fourth-order valence-electron chi connectivity index (χ4n) is 1.78. The van der Waals surface area contributed by atoms with Gasteiger partial charge in [0.2, 0.25) is 0 Å². The van der Waals surface area contributed by atoms with E-state index in [2.05, 4.69) is 23.2 Å². The van der Waals surface area contributed by atoms with E-state index >= 15 is 0 Å². The van der Waals surface area contributed by atoms with Gasteiger partial charge < -0.3 is 5.32 Å². The van der Waals surface area contributed by atoms with E-state index in [0.29, 0.717) is 6.04 Å². The van der Waals surface area contributed by atoms with E-state index in [1.54, 1.807) is 0 Å². The fourth-order valence-corrected chi connectivity index (χ4v) is 1.78. The Kier molecular flexibility index (Phi) is 4.36. The van der Waals surface area contributed by atoms with Crippen molar-refractivity contribution >= 4 is 0 Å². The Hall–Kier alpha value is -0.990. The van der Waals surface area contributed by atoms with Gasteiger partial charge in [-0.2, -0.15) is 5.26 Å². The second-order valence-electron chi connectivity index (χ2n) is 3.50. The van der Waals surface area contributed by atoms with E-state index in [1.807, 2.05) is 6.92 Å². The molecule has 13 heavy (non-hydrogen) atoms. The Morgan fingerprint density at radius 2 is 2.31 bits per heavy atom. The van der Waals surface area contributed by atoms with Gasteiger partial charge in [-0.1, -0.05) is 12.3 Å². The van der Waals surface area contributed by atoms with Crippen LogP contribution in [0.5, 0.6) is 0 Å². The summed E-state index contributed by atoms with van der Waals surface area (Å²) in [6, 6.07) is 2.86. The van der Waals surface area contributed by atoms with E-state index in [0.717, 1.165) is 19.4 Å². The minimum atomic E-state index is 0.265. The van der Waals surface area contributed by atoms with Crippen LogP contribution >= 0.6 is 0 Å². The van der Waals surface area contributed by atoms with Gasteiger partial charge in [-0.05, 0) is 26.2 Å². The summed E-state index contributed by atoms with van der Waals surface area (Å²) in [5, 5.41) is 12.1. The van der Waals surface area contributed by atoms with Gasteiger partial charge in [0, 0.05) is 12.0 Å². The van der Waals surface area contributed by atoms with E-state index in [9.17, 15) is 0 Å². The maximum atomic E-state index is 8.77. The Labute approximate surface area is 80.3 Å². The molecule has 70 valence electrons. The maximum absolute atomic E-state index is 8.77. The van der Waals surface area contributed by atoms with Crippen LogP contribution in [-0.2, 0) is 0 Å². The Morgan fingerprint density at radius 1 is 1.46 bits per heavy atom. The molecule has 2 heteroatoms. The smallest absolute Gasteiger partial charge is 0.0656 e. The highest BCUT2D eigenvalue weighted by Gasteiger charge is 2.20. The highest BCUT2D eigenvalue weighted by Crippen LogP contribution is 2.23. The molecule has 0 aromatic heterocycles. The largest absolute Gasteiger partial charge is 0.303 e. The molecule has 2 unspecified atom stereocenters. The summed E-state index contributed by atoms with van der Waals surface area (Å²) in [5.74, 6) is 6.10. The monoisotopic (exact) mass is 176 g/mol. The summed E-state index contributed by atoms with van der Waals surface area (Å²) in [6.07, 6.45) is 4.45. The molecule has 0 amide bonds. The highest BCUT2D eigenvalue weighted by atomic mass is 14.9. The predicted molar refractivity (Wildman–Crippen MR) is 52.8 cm³/mol. The standard InChI is InChI=1S/C11H16N2/c1-2-3-7-13-11-6-4-5-10(8-11)9-12/h10-11,13H,4-8H2,1H3. The molecule has 0 radical (unpaired) electrons. The lowest BCUT2D eigenvalue weighted by atomic mass is 9.87. The summed E-state index contributed by atoms with van der Waals surface area (Å²) in [5.41, 5.74) is 0. The SMILES string of the molecule is CC#CCNC1CCCC(C#N)C1. The first-order valence-corrected chi connectivity index (χ1v) is 4.89. The van der Waals surface area contributed by atoms with Crippen molar-refractivity contribution in [1.29, 1.82) is 5.26 Å². The predicted octanol–water partition coefficient (Wildman–Crippen LogP) is 1.68. The lowest BCUT2D eigenvalue weighted by molar-refractivity contribution is 0.337. The topological polar surface area (TPSA) is 35.8 Å². The second-order valence-corrected chi connectivity index (χ2v) is 3.50. The van der Waals surface area contributed by atoms with E-state index < -0.39 is 0 Å². The third-order valence-corrected chi connectivity index (χ3v) is 2.51.